The highest BCUT2D eigenvalue weighted by atomic mass is 16.6. The molecule has 0 aliphatic heterocycles. The number of amides is 1. The predicted molar refractivity (Wildman–Crippen MR) is 110 cm³/mol. The molecule has 29 heavy (non-hydrogen) atoms. The number of rotatable bonds is 5. The van der Waals surface area contributed by atoms with Crippen molar-refractivity contribution >= 4 is 22.9 Å². The highest BCUT2D eigenvalue weighted by Gasteiger charge is 2.30. The molecule has 3 rings (SSSR count). The number of Topliss-reactive ketones (excluding diaryl/α,β-unsaturated/α-hetero) is 1. The topological polar surface area (TPSA) is 90.4 Å². The first-order chi connectivity index (χ1) is 13.7. The standard InChI is InChI=1S/C22H29N3O4/c1-22(2,3)29-21(27)24-18(14-8-10-16(26)11-9-14)12-15-6-5-7-17-20(15)25-19(28-4)13-23-17/h5-7,13-14,18H,8-12H2,1-4H3,(H,24,27). The molecular formula is C22H29N3O4. The first-order valence-electron chi connectivity index (χ1n) is 10.0. The number of benzene rings is 1. The zero-order valence-corrected chi connectivity index (χ0v) is 17.5. The van der Waals surface area contributed by atoms with Crippen molar-refractivity contribution in [1.82, 2.24) is 15.3 Å². The lowest BCUT2D eigenvalue weighted by molar-refractivity contribution is -0.121. The average molecular weight is 399 g/mol. The van der Waals surface area contributed by atoms with Crippen molar-refractivity contribution in [2.75, 3.05) is 7.11 Å². The Morgan fingerprint density at radius 2 is 2.00 bits per heavy atom. The number of alkyl carbamates (subject to hydrolysis) is 1. The molecule has 1 fully saturated rings. The maximum atomic E-state index is 12.5. The number of methoxy groups -OCH3 is 1. The van der Waals surface area contributed by atoms with Crippen LogP contribution >= 0.6 is 0 Å². The molecule has 156 valence electrons. The number of para-hydroxylation sites is 1. The lowest BCUT2D eigenvalue weighted by atomic mass is 9.81. The van der Waals surface area contributed by atoms with Crippen LogP contribution in [0.2, 0.25) is 0 Å². The van der Waals surface area contributed by atoms with E-state index in [1.54, 1.807) is 13.3 Å². The van der Waals surface area contributed by atoms with E-state index in [0.29, 0.717) is 25.1 Å². The van der Waals surface area contributed by atoms with Gasteiger partial charge in [-0.05, 0) is 57.6 Å². The SMILES string of the molecule is COc1cnc2cccc(CC(NC(=O)OC(C)(C)C)C3CCC(=O)CC3)c2n1. The van der Waals surface area contributed by atoms with Crippen molar-refractivity contribution in [3.63, 3.8) is 0 Å². The Morgan fingerprint density at radius 1 is 1.28 bits per heavy atom. The van der Waals surface area contributed by atoms with Crippen LogP contribution in [0.4, 0.5) is 4.79 Å². The summed E-state index contributed by atoms with van der Waals surface area (Å²) in [4.78, 5) is 33.1. The summed E-state index contributed by atoms with van der Waals surface area (Å²) in [5.41, 5.74) is 1.94. The molecule has 7 nitrogen and oxygen atoms in total. The van der Waals surface area contributed by atoms with E-state index in [2.05, 4.69) is 15.3 Å². The summed E-state index contributed by atoms with van der Waals surface area (Å²) >= 11 is 0. The largest absolute Gasteiger partial charge is 0.480 e. The van der Waals surface area contributed by atoms with Gasteiger partial charge in [0.1, 0.15) is 11.4 Å². The number of carbonyl (C=O) groups excluding carboxylic acids is 2. The van der Waals surface area contributed by atoms with Gasteiger partial charge in [0.2, 0.25) is 5.88 Å². The van der Waals surface area contributed by atoms with Gasteiger partial charge in [-0.25, -0.2) is 14.8 Å². The van der Waals surface area contributed by atoms with Gasteiger partial charge >= 0.3 is 6.09 Å². The van der Waals surface area contributed by atoms with Crippen LogP contribution in [0.1, 0.15) is 52.0 Å². The summed E-state index contributed by atoms with van der Waals surface area (Å²) in [5, 5.41) is 3.05. The van der Waals surface area contributed by atoms with Crippen molar-refractivity contribution in [2.45, 2.75) is 64.5 Å². The Hall–Kier alpha value is -2.70. The Bertz CT molecular complexity index is 881. The number of hydrogen-bond donors (Lipinski definition) is 1. The molecule has 1 aromatic heterocycles. The summed E-state index contributed by atoms with van der Waals surface area (Å²) in [6, 6.07) is 5.68. The molecular weight excluding hydrogens is 370 g/mol. The molecule has 0 radical (unpaired) electrons. The molecule has 1 aliphatic rings. The van der Waals surface area contributed by atoms with E-state index < -0.39 is 11.7 Å². The van der Waals surface area contributed by atoms with Gasteiger partial charge < -0.3 is 14.8 Å². The summed E-state index contributed by atoms with van der Waals surface area (Å²) in [6.07, 6.45) is 4.37. The zero-order valence-electron chi connectivity index (χ0n) is 17.5. The third-order valence-corrected chi connectivity index (χ3v) is 5.14. The average Bonchev–Trinajstić information content (AvgIpc) is 2.66. The van der Waals surface area contributed by atoms with E-state index in [4.69, 9.17) is 9.47 Å². The van der Waals surface area contributed by atoms with Gasteiger partial charge in [-0.15, -0.1) is 0 Å². The van der Waals surface area contributed by atoms with E-state index in [-0.39, 0.29) is 17.7 Å². The normalized spacial score (nSPS) is 16.5. The second-order valence-corrected chi connectivity index (χ2v) is 8.53. The molecule has 1 saturated carbocycles. The Balaban J connectivity index is 1.87. The number of carbonyl (C=O) groups is 2. The third-order valence-electron chi connectivity index (χ3n) is 5.14. The molecule has 1 aliphatic carbocycles. The molecule has 1 N–H and O–H groups in total. The van der Waals surface area contributed by atoms with Gasteiger partial charge in [0.25, 0.3) is 0 Å². The van der Waals surface area contributed by atoms with Gasteiger partial charge in [-0.2, -0.15) is 0 Å². The summed E-state index contributed by atoms with van der Waals surface area (Å²) in [7, 11) is 1.56. The number of ketones is 1. The second kappa shape index (κ2) is 8.76. The molecule has 0 saturated heterocycles. The minimum absolute atomic E-state index is 0.156. The minimum atomic E-state index is -0.574. The van der Waals surface area contributed by atoms with Crippen LogP contribution in [0.3, 0.4) is 0 Å². The molecule has 1 heterocycles. The lowest BCUT2D eigenvalue weighted by Crippen LogP contribution is -2.45. The second-order valence-electron chi connectivity index (χ2n) is 8.53. The van der Waals surface area contributed by atoms with Crippen LogP contribution in [-0.4, -0.2) is 40.6 Å². The van der Waals surface area contributed by atoms with Crippen LogP contribution in [0.25, 0.3) is 11.0 Å². The Kier molecular flexibility index (Phi) is 6.35. The van der Waals surface area contributed by atoms with E-state index in [1.165, 1.54) is 0 Å². The number of fused-ring (bicyclic) bond motifs is 1. The highest BCUT2D eigenvalue weighted by molar-refractivity contribution is 5.79. The van der Waals surface area contributed by atoms with E-state index in [9.17, 15) is 9.59 Å². The van der Waals surface area contributed by atoms with Gasteiger partial charge in [0, 0.05) is 18.9 Å². The third kappa shape index (κ3) is 5.65. The fourth-order valence-corrected chi connectivity index (χ4v) is 3.73. The molecule has 1 aromatic carbocycles. The molecule has 1 amide bonds. The van der Waals surface area contributed by atoms with Gasteiger partial charge in [0.05, 0.1) is 24.3 Å². The van der Waals surface area contributed by atoms with Crippen LogP contribution in [-0.2, 0) is 16.0 Å². The number of hydrogen-bond acceptors (Lipinski definition) is 6. The maximum absolute atomic E-state index is 12.5. The fraction of sp³-hybridized carbons (Fsp3) is 0.545. The quantitative estimate of drug-likeness (QED) is 0.822. The smallest absolute Gasteiger partial charge is 0.407 e. The molecule has 1 unspecified atom stereocenters. The van der Waals surface area contributed by atoms with Crippen molar-refractivity contribution in [3.05, 3.63) is 30.0 Å². The van der Waals surface area contributed by atoms with E-state index in [1.807, 2.05) is 39.0 Å². The summed E-state index contributed by atoms with van der Waals surface area (Å²) in [5.74, 6) is 0.942. The van der Waals surface area contributed by atoms with Crippen LogP contribution < -0.4 is 10.1 Å². The van der Waals surface area contributed by atoms with Crippen molar-refractivity contribution in [3.8, 4) is 5.88 Å². The zero-order chi connectivity index (χ0) is 21.0. The lowest BCUT2D eigenvalue weighted by Gasteiger charge is -2.31. The number of nitrogens with zero attached hydrogens (tertiary/aromatic N) is 2. The van der Waals surface area contributed by atoms with Gasteiger partial charge in [-0.1, -0.05) is 12.1 Å². The van der Waals surface area contributed by atoms with Crippen molar-refractivity contribution in [1.29, 1.82) is 0 Å². The first kappa shape index (κ1) is 21.0. The van der Waals surface area contributed by atoms with Crippen LogP contribution in [0.5, 0.6) is 5.88 Å². The Labute approximate surface area is 171 Å². The van der Waals surface area contributed by atoms with Crippen molar-refractivity contribution in [2.24, 2.45) is 5.92 Å². The van der Waals surface area contributed by atoms with Crippen LogP contribution in [0.15, 0.2) is 24.4 Å². The van der Waals surface area contributed by atoms with Gasteiger partial charge in [-0.3, -0.25) is 4.79 Å². The van der Waals surface area contributed by atoms with Crippen LogP contribution in [0, 0.1) is 5.92 Å². The maximum Gasteiger partial charge on any atom is 0.407 e. The first-order valence-corrected chi connectivity index (χ1v) is 10.0. The van der Waals surface area contributed by atoms with Gasteiger partial charge in [0.15, 0.2) is 0 Å². The molecule has 1 atom stereocenters. The van der Waals surface area contributed by atoms with E-state index >= 15 is 0 Å². The highest BCUT2D eigenvalue weighted by Crippen LogP contribution is 2.28. The fourth-order valence-electron chi connectivity index (χ4n) is 3.73. The molecule has 2 aromatic rings. The molecule has 0 spiro atoms. The Morgan fingerprint density at radius 3 is 2.66 bits per heavy atom. The molecule has 0 bridgehead atoms. The minimum Gasteiger partial charge on any atom is -0.480 e. The number of nitrogens with one attached hydrogen (secondary N) is 1. The number of aromatic nitrogens is 2. The number of ether oxygens (including phenoxy) is 2. The predicted octanol–water partition coefficient (Wildman–Crippen LogP) is 3.83. The summed E-state index contributed by atoms with van der Waals surface area (Å²) in [6.45, 7) is 5.52. The van der Waals surface area contributed by atoms with E-state index in [0.717, 1.165) is 29.4 Å². The summed E-state index contributed by atoms with van der Waals surface area (Å²) < 4.78 is 10.7. The monoisotopic (exact) mass is 399 g/mol. The molecule has 7 heteroatoms. The van der Waals surface area contributed by atoms with Crippen molar-refractivity contribution < 1.29 is 19.1 Å².